The molecule has 3 aliphatic heterocycles. The van der Waals surface area contributed by atoms with E-state index in [0.29, 0.717) is 10.9 Å². The number of fused-ring (bicyclic) bond motifs is 5. The minimum Gasteiger partial charge on any atom is -0.481 e. The number of amides is 2. The molecule has 0 saturated carbocycles. The molecule has 3 aliphatic rings. The second-order valence-corrected chi connectivity index (χ2v) is 10.2. The van der Waals surface area contributed by atoms with Crippen molar-refractivity contribution in [2.45, 2.75) is 23.9 Å². The molecule has 3 aromatic rings. The maximum absolute atomic E-state index is 14.8. The van der Waals surface area contributed by atoms with Crippen molar-refractivity contribution in [2.75, 3.05) is 17.2 Å². The topological polar surface area (TPSA) is 125 Å². The van der Waals surface area contributed by atoms with E-state index in [0.717, 1.165) is 4.90 Å². The molecule has 2 amide bonds. The van der Waals surface area contributed by atoms with Crippen LogP contribution >= 0.6 is 23.2 Å². The van der Waals surface area contributed by atoms with Crippen molar-refractivity contribution in [1.82, 2.24) is 14.9 Å². The molecule has 1 spiro atoms. The van der Waals surface area contributed by atoms with Crippen molar-refractivity contribution >= 4 is 63.4 Å². The summed E-state index contributed by atoms with van der Waals surface area (Å²) in [6.07, 6.45) is 2.12. The first-order chi connectivity index (χ1) is 17.5. The molecule has 0 unspecified atom stereocenters. The lowest BCUT2D eigenvalue weighted by Crippen LogP contribution is -2.54. The normalized spacial score (nSPS) is 27.8. The smallest absolute Gasteiger partial charge is 0.310 e. The fourth-order valence-electron chi connectivity index (χ4n) is 6.09. The van der Waals surface area contributed by atoms with Crippen LogP contribution in [0.4, 0.5) is 20.3 Å². The van der Waals surface area contributed by atoms with E-state index in [1.54, 1.807) is 18.2 Å². The van der Waals surface area contributed by atoms with Crippen molar-refractivity contribution in [3.63, 3.8) is 0 Å². The van der Waals surface area contributed by atoms with Gasteiger partial charge in [-0.1, -0.05) is 29.3 Å². The predicted octanol–water partition coefficient (Wildman–Crippen LogP) is 3.76. The number of anilines is 2. The van der Waals surface area contributed by atoms with Crippen LogP contribution in [0.25, 0.3) is 10.9 Å². The Balaban J connectivity index is 1.52. The van der Waals surface area contributed by atoms with Gasteiger partial charge in [-0.2, -0.15) is 0 Å². The van der Waals surface area contributed by atoms with Crippen LogP contribution in [0.2, 0.25) is 10.0 Å². The summed E-state index contributed by atoms with van der Waals surface area (Å²) in [7, 11) is 0. The van der Waals surface area contributed by atoms with Crippen LogP contribution in [0.15, 0.2) is 42.7 Å². The Morgan fingerprint density at radius 2 is 1.97 bits per heavy atom. The maximum atomic E-state index is 14.8. The molecule has 0 bridgehead atoms. The fourth-order valence-corrected chi connectivity index (χ4v) is 6.64. The summed E-state index contributed by atoms with van der Waals surface area (Å²) in [6.45, 7) is -0.920. The number of alkyl halides is 2. The minimum absolute atomic E-state index is 0.0262. The first-order valence-electron chi connectivity index (χ1n) is 11.2. The number of carbonyl (C=O) groups excluding carboxylic acids is 2. The predicted molar refractivity (Wildman–Crippen MR) is 130 cm³/mol. The Kier molecular flexibility index (Phi) is 5.21. The van der Waals surface area contributed by atoms with Crippen LogP contribution < -0.4 is 10.6 Å². The third-order valence-corrected chi connectivity index (χ3v) is 7.88. The zero-order valence-corrected chi connectivity index (χ0v) is 20.2. The van der Waals surface area contributed by atoms with E-state index in [9.17, 15) is 28.3 Å². The molecule has 3 N–H and O–H groups in total. The van der Waals surface area contributed by atoms with Gasteiger partial charge in [-0.25, -0.2) is 13.8 Å². The Morgan fingerprint density at radius 3 is 2.73 bits per heavy atom. The van der Waals surface area contributed by atoms with E-state index < -0.39 is 60.1 Å². The summed E-state index contributed by atoms with van der Waals surface area (Å²) in [5.41, 5.74) is -1.66. The van der Waals surface area contributed by atoms with Gasteiger partial charge in [0.2, 0.25) is 5.91 Å². The fraction of sp³-hybridized carbons (Fsp3) is 0.292. The van der Waals surface area contributed by atoms with E-state index in [4.69, 9.17) is 23.2 Å². The summed E-state index contributed by atoms with van der Waals surface area (Å²) in [6, 6.07) is 6.53. The Bertz CT molecular complexity index is 1520. The summed E-state index contributed by atoms with van der Waals surface area (Å²) >= 11 is 12.5. The van der Waals surface area contributed by atoms with Crippen LogP contribution in [0.5, 0.6) is 0 Å². The van der Waals surface area contributed by atoms with Gasteiger partial charge in [0.05, 0.1) is 23.2 Å². The Morgan fingerprint density at radius 1 is 1.19 bits per heavy atom. The SMILES string of the molecule is O=C(Nc1nccc2cccnc12)[C@H]1[C@H]2CC(F)(F)CN2[C@]2(C(=O)Nc3c(Cl)cc(Cl)cc32)[C@H]1C(=O)O. The highest BCUT2D eigenvalue weighted by atomic mass is 35.5. The van der Waals surface area contributed by atoms with E-state index >= 15 is 0 Å². The summed E-state index contributed by atoms with van der Waals surface area (Å²) in [5, 5.41) is 16.3. The number of hydrogen-bond acceptors (Lipinski definition) is 6. The van der Waals surface area contributed by atoms with E-state index in [1.807, 2.05) is 0 Å². The quantitative estimate of drug-likeness (QED) is 0.455. The molecule has 0 aliphatic carbocycles. The molecular formula is C24H17Cl2F2N5O4. The molecule has 13 heteroatoms. The summed E-state index contributed by atoms with van der Waals surface area (Å²) in [4.78, 5) is 49.6. The first kappa shape index (κ1) is 24.0. The first-order valence-corrected chi connectivity index (χ1v) is 12.0. The van der Waals surface area contributed by atoms with Crippen LogP contribution in [-0.2, 0) is 19.9 Å². The van der Waals surface area contributed by atoms with Crippen molar-refractivity contribution < 1.29 is 28.3 Å². The number of pyridine rings is 2. The lowest BCUT2D eigenvalue weighted by molar-refractivity contribution is -0.153. The number of carboxylic acids is 1. The van der Waals surface area contributed by atoms with Crippen LogP contribution in [0.3, 0.4) is 0 Å². The van der Waals surface area contributed by atoms with Gasteiger partial charge < -0.3 is 15.7 Å². The van der Waals surface area contributed by atoms with E-state index in [2.05, 4.69) is 20.6 Å². The van der Waals surface area contributed by atoms with Crippen molar-refractivity contribution in [2.24, 2.45) is 11.8 Å². The standard InChI is InChI=1S/C24H17Cl2F2N5O4/c25-11-6-12-18(13(26)7-11)31-22(37)24(12)16(21(35)36)15(14-8-23(27,28)9-33(14)24)20(34)32-19-17-10(3-5-30-19)2-1-4-29-17/h1-7,14-16H,8-9H2,(H,31,37)(H,35,36)(H,30,32,34)/t14-,15+,16-,24+/m1/s1. The van der Waals surface area contributed by atoms with E-state index in [1.165, 1.54) is 24.5 Å². The Hall–Kier alpha value is -3.41. The molecule has 0 radical (unpaired) electrons. The third kappa shape index (κ3) is 3.34. The number of nitrogens with zero attached hydrogens (tertiary/aromatic N) is 3. The molecule has 1 aromatic carbocycles. The highest BCUT2D eigenvalue weighted by Gasteiger charge is 2.74. The lowest BCUT2D eigenvalue weighted by Gasteiger charge is -2.35. The van der Waals surface area contributed by atoms with Crippen molar-refractivity contribution in [3.05, 3.63) is 58.3 Å². The molecule has 37 heavy (non-hydrogen) atoms. The average Bonchev–Trinajstić information content (AvgIpc) is 3.40. The minimum atomic E-state index is -3.27. The lowest BCUT2D eigenvalue weighted by atomic mass is 9.73. The number of rotatable bonds is 3. The maximum Gasteiger partial charge on any atom is 0.310 e. The van der Waals surface area contributed by atoms with E-state index in [-0.39, 0.29) is 27.1 Å². The zero-order chi connectivity index (χ0) is 26.3. The second kappa shape index (κ2) is 8.04. The highest BCUT2D eigenvalue weighted by molar-refractivity contribution is 6.38. The number of benzene rings is 1. The van der Waals surface area contributed by atoms with Crippen LogP contribution in [-0.4, -0.2) is 56.3 Å². The molecular weight excluding hydrogens is 531 g/mol. The van der Waals surface area contributed by atoms with Gasteiger partial charge in [0.15, 0.2) is 5.82 Å². The number of hydrogen-bond donors (Lipinski definition) is 3. The molecule has 2 saturated heterocycles. The number of aromatic nitrogens is 2. The molecule has 6 rings (SSSR count). The van der Waals surface area contributed by atoms with Gasteiger partial charge in [-0.05, 0) is 24.3 Å². The van der Waals surface area contributed by atoms with Crippen molar-refractivity contribution in [3.8, 4) is 0 Å². The number of carbonyl (C=O) groups is 3. The second-order valence-electron chi connectivity index (χ2n) is 9.35. The van der Waals surface area contributed by atoms with Crippen LogP contribution in [0.1, 0.15) is 12.0 Å². The zero-order valence-electron chi connectivity index (χ0n) is 18.7. The Labute approximate surface area is 217 Å². The molecule has 9 nitrogen and oxygen atoms in total. The third-order valence-electron chi connectivity index (χ3n) is 7.37. The van der Waals surface area contributed by atoms with Crippen LogP contribution in [0, 0.1) is 11.8 Å². The molecule has 2 fully saturated rings. The van der Waals surface area contributed by atoms with Gasteiger partial charge in [0.1, 0.15) is 17.0 Å². The molecule has 190 valence electrons. The monoisotopic (exact) mass is 547 g/mol. The van der Waals surface area contributed by atoms with Gasteiger partial charge >= 0.3 is 5.97 Å². The average molecular weight is 548 g/mol. The number of carboxylic acid groups (broad SMARTS) is 1. The van der Waals surface area contributed by atoms with Gasteiger partial charge in [0, 0.05) is 40.8 Å². The largest absolute Gasteiger partial charge is 0.481 e. The number of aliphatic carboxylic acids is 1. The number of nitrogens with one attached hydrogen (secondary N) is 2. The molecule has 4 atom stereocenters. The molecule has 2 aromatic heterocycles. The highest BCUT2D eigenvalue weighted by Crippen LogP contribution is 2.61. The van der Waals surface area contributed by atoms with Gasteiger partial charge in [-0.3, -0.25) is 24.3 Å². The van der Waals surface area contributed by atoms with Crippen molar-refractivity contribution in [1.29, 1.82) is 0 Å². The number of halogens is 4. The summed E-state index contributed by atoms with van der Waals surface area (Å²) < 4.78 is 29.7. The molecule has 5 heterocycles. The summed E-state index contributed by atoms with van der Waals surface area (Å²) in [5.74, 6) is -9.72. The van der Waals surface area contributed by atoms with Gasteiger partial charge in [0.25, 0.3) is 11.8 Å². The van der Waals surface area contributed by atoms with Gasteiger partial charge in [-0.15, -0.1) is 0 Å².